The zero-order chi connectivity index (χ0) is 18.9. The van der Waals surface area contributed by atoms with Gasteiger partial charge in [-0.1, -0.05) is 42.6 Å². The molecule has 8 heteroatoms. The molecule has 4 nitrogen and oxygen atoms in total. The molecular formula is C18H16F2N2O2S2. The fraction of sp³-hybridized carbons (Fsp3) is 0.222. The Bertz CT molecular complexity index is 1000. The third-order valence-corrected chi connectivity index (χ3v) is 5.44. The van der Waals surface area contributed by atoms with Crippen LogP contribution in [-0.2, 0) is 16.3 Å². The lowest BCUT2D eigenvalue weighted by atomic mass is 9.98. The normalized spacial score (nSPS) is 14.8. The number of hydrogen-bond donors (Lipinski definition) is 1. The number of hydrogen-bond acceptors (Lipinski definition) is 4. The van der Waals surface area contributed by atoms with E-state index < -0.39 is 22.7 Å². The minimum absolute atomic E-state index is 0.162. The highest BCUT2D eigenvalue weighted by atomic mass is 32.2. The highest BCUT2D eigenvalue weighted by Crippen LogP contribution is 2.31. The molecule has 2 aromatic rings. The summed E-state index contributed by atoms with van der Waals surface area (Å²) in [5, 5.41) is 0. The molecule has 1 N–H and O–H groups in total. The van der Waals surface area contributed by atoms with Crippen LogP contribution in [0, 0.1) is 0 Å². The Morgan fingerprint density at radius 1 is 1.27 bits per heavy atom. The smallest absolute Gasteiger partial charge is 0.245 e. The number of alkyl halides is 2. The summed E-state index contributed by atoms with van der Waals surface area (Å²) in [6.07, 6.45) is 4.29. The number of sulfone groups is 1. The minimum Gasteiger partial charge on any atom is -0.341 e. The Balaban J connectivity index is 2.10. The van der Waals surface area contributed by atoms with E-state index in [0.717, 1.165) is 11.8 Å². The molecule has 1 aliphatic rings. The second kappa shape index (κ2) is 7.20. The molecule has 3 rings (SSSR count). The van der Waals surface area contributed by atoms with Crippen molar-refractivity contribution < 1.29 is 17.2 Å². The number of nitrogens with zero attached hydrogens (tertiary/aromatic N) is 1. The fourth-order valence-corrected chi connectivity index (χ4v) is 3.59. The molecule has 0 radical (unpaired) electrons. The quantitative estimate of drug-likeness (QED) is 0.779. The monoisotopic (exact) mass is 394 g/mol. The Morgan fingerprint density at radius 3 is 2.54 bits per heavy atom. The zero-order valence-corrected chi connectivity index (χ0v) is 15.5. The van der Waals surface area contributed by atoms with Crippen LogP contribution in [0.25, 0.3) is 16.8 Å². The van der Waals surface area contributed by atoms with Crippen LogP contribution in [0.4, 0.5) is 8.78 Å². The van der Waals surface area contributed by atoms with Gasteiger partial charge in [-0.25, -0.2) is 22.2 Å². The predicted molar refractivity (Wildman–Crippen MR) is 101 cm³/mol. The molecule has 26 heavy (non-hydrogen) atoms. The van der Waals surface area contributed by atoms with Crippen LogP contribution < -0.4 is 0 Å². The molecule has 0 spiro atoms. The second-order valence-corrected chi connectivity index (χ2v) is 8.44. The number of nitrogens with one attached hydrogen (secondary N) is 1. The zero-order valence-electron chi connectivity index (χ0n) is 13.9. The molecule has 0 atom stereocenters. The van der Waals surface area contributed by atoms with Gasteiger partial charge < -0.3 is 4.98 Å². The van der Waals surface area contributed by atoms with Crippen molar-refractivity contribution in [1.82, 2.24) is 9.97 Å². The van der Waals surface area contributed by atoms with Crippen LogP contribution in [-0.4, -0.2) is 35.9 Å². The molecule has 0 saturated carbocycles. The van der Waals surface area contributed by atoms with Gasteiger partial charge in [0.05, 0.1) is 22.7 Å². The summed E-state index contributed by atoms with van der Waals surface area (Å²) in [7, 11) is -3.32. The number of aromatic amines is 1. The van der Waals surface area contributed by atoms with Crippen LogP contribution >= 0.6 is 12.2 Å². The third-order valence-electron chi connectivity index (χ3n) is 3.93. The van der Waals surface area contributed by atoms with Crippen molar-refractivity contribution in [3.63, 3.8) is 0 Å². The van der Waals surface area contributed by atoms with Gasteiger partial charge in [0.2, 0.25) is 6.43 Å². The number of rotatable bonds is 5. The summed E-state index contributed by atoms with van der Waals surface area (Å²) >= 11 is 5.39. The SMILES string of the molecule is CS(=O)(=O)c1ccc(-c2nc(CC(F)F)[nH]c2C2=CC=CCC2=S)cc1. The first-order valence-corrected chi connectivity index (χ1v) is 10.1. The van der Waals surface area contributed by atoms with Crippen LogP contribution in [0.15, 0.2) is 47.4 Å². The summed E-state index contributed by atoms with van der Waals surface area (Å²) < 4.78 is 48.8. The van der Waals surface area contributed by atoms with E-state index in [1.165, 1.54) is 12.1 Å². The average Bonchev–Trinajstić information content (AvgIpc) is 2.97. The molecule has 0 saturated heterocycles. The van der Waals surface area contributed by atoms with Crippen molar-refractivity contribution in [1.29, 1.82) is 0 Å². The summed E-state index contributed by atoms with van der Waals surface area (Å²) in [6.45, 7) is 0. The Hall–Kier alpha value is -2.19. The number of allylic oxidation sites excluding steroid dienone is 4. The first kappa shape index (κ1) is 18.6. The molecule has 1 heterocycles. The van der Waals surface area contributed by atoms with Crippen molar-refractivity contribution in [3.05, 3.63) is 54.0 Å². The van der Waals surface area contributed by atoms with Crippen LogP contribution in [0.5, 0.6) is 0 Å². The molecule has 136 valence electrons. The van der Waals surface area contributed by atoms with Gasteiger partial charge in [0, 0.05) is 28.7 Å². The Morgan fingerprint density at radius 2 is 1.96 bits per heavy atom. The first-order chi connectivity index (χ1) is 12.3. The second-order valence-electron chi connectivity index (χ2n) is 5.93. The lowest BCUT2D eigenvalue weighted by molar-refractivity contribution is 0.146. The largest absolute Gasteiger partial charge is 0.341 e. The van der Waals surface area contributed by atoms with Crippen LogP contribution in [0.3, 0.4) is 0 Å². The van der Waals surface area contributed by atoms with E-state index in [1.807, 2.05) is 18.2 Å². The van der Waals surface area contributed by atoms with Gasteiger partial charge in [-0.05, 0) is 12.1 Å². The topological polar surface area (TPSA) is 62.8 Å². The average molecular weight is 394 g/mol. The van der Waals surface area contributed by atoms with E-state index in [1.54, 1.807) is 12.1 Å². The lowest BCUT2D eigenvalue weighted by Gasteiger charge is -2.11. The molecule has 0 aliphatic heterocycles. The van der Waals surface area contributed by atoms with Gasteiger partial charge >= 0.3 is 0 Å². The molecule has 1 aromatic carbocycles. The van der Waals surface area contributed by atoms with E-state index >= 15 is 0 Å². The molecule has 0 unspecified atom stereocenters. The van der Waals surface area contributed by atoms with Gasteiger partial charge in [0.25, 0.3) is 0 Å². The van der Waals surface area contributed by atoms with E-state index in [2.05, 4.69) is 9.97 Å². The van der Waals surface area contributed by atoms with Gasteiger partial charge in [-0.3, -0.25) is 0 Å². The summed E-state index contributed by atoms with van der Waals surface area (Å²) in [6, 6.07) is 6.18. The van der Waals surface area contributed by atoms with Gasteiger partial charge in [-0.2, -0.15) is 0 Å². The maximum atomic E-state index is 12.8. The molecule has 1 aliphatic carbocycles. The molecule has 0 bridgehead atoms. The molecule has 1 aromatic heterocycles. The van der Waals surface area contributed by atoms with Gasteiger partial charge in [0.1, 0.15) is 5.82 Å². The summed E-state index contributed by atoms with van der Waals surface area (Å²) in [5.74, 6) is 0.162. The number of thiocarbonyl (C=S) groups is 1. The first-order valence-electron chi connectivity index (χ1n) is 7.83. The minimum atomic E-state index is -3.32. The summed E-state index contributed by atoms with van der Waals surface area (Å²) in [5.41, 5.74) is 2.41. The number of aromatic nitrogens is 2. The van der Waals surface area contributed by atoms with Gasteiger partial charge in [0.15, 0.2) is 9.84 Å². The van der Waals surface area contributed by atoms with Crippen molar-refractivity contribution in [2.45, 2.75) is 24.2 Å². The molecule has 0 fully saturated rings. The highest BCUT2D eigenvalue weighted by Gasteiger charge is 2.21. The van der Waals surface area contributed by atoms with E-state index in [4.69, 9.17) is 12.2 Å². The standard InChI is InChI=1S/C18H16F2N2O2S2/c1-26(23,24)12-8-6-11(7-9-12)17-18(13-4-2-3-5-14(13)25)22-16(21-17)10-15(19)20/h2-4,6-9,15H,5,10H2,1H3,(H,21,22). The summed E-state index contributed by atoms with van der Waals surface area (Å²) in [4.78, 5) is 8.14. The number of halogens is 2. The highest BCUT2D eigenvalue weighted by molar-refractivity contribution is 7.90. The third kappa shape index (κ3) is 3.96. The fourth-order valence-electron chi connectivity index (χ4n) is 2.69. The maximum Gasteiger partial charge on any atom is 0.245 e. The number of benzene rings is 1. The lowest BCUT2D eigenvalue weighted by Crippen LogP contribution is -2.03. The molecular weight excluding hydrogens is 378 g/mol. The van der Waals surface area contributed by atoms with Crippen LogP contribution in [0.1, 0.15) is 17.9 Å². The Kier molecular flexibility index (Phi) is 5.15. The number of H-pyrrole nitrogens is 1. The van der Waals surface area contributed by atoms with Crippen molar-refractivity contribution >= 4 is 32.5 Å². The van der Waals surface area contributed by atoms with Gasteiger partial charge in [-0.15, -0.1) is 0 Å². The van der Waals surface area contributed by atoms with E-state index in [-0.39, 0.29) is 10.7 Å². The number of imidazole rings is 1. The van der Waals surface area contributed by atoms with Crippen molar-refractivity contribution in [2.24, 2.45) is 0 Å². The maximum absolute atomic E-state index is 12.8. The van der Waals surface area contributed by atoms with Crippen molar-refractivity contribution in [2.75, 3.05) is 6.26 Å². The van der Waals surface area contributed by atoms with Crippen molar-refractivity contribution in [3.8, 4) is 11.3 Å². The van der Waals surface area contributed by atoms with E-state index in [0.29, 0.717) is 28.2 Å². The van der Waals surface area contributed by atoms with Crippen LogP contribution in [0.2, 0.25) is 0 Å². The molecule has 0 amide bonds. The Labute approximate surface area is 155 Å². The van der Waals surface area contributed by atoms with E-state index in [9.17, 15) is 17.2 Å². The predicted octanol–water partition coefficient (Wildman–Crippen LogP) is 4.00.